The molecule has 0 radical (unpaired) electrons. The minimum absolute atomic E-state index is 0.720. The lowest BCUT2D eigenvalue weighted by Gasteiger charge is -2.21. The van der Waals surface area contributed by atoms with Crippen molar-refractivity contribution >= 4 is 0 Å². The monoisotopic (exact) mass is 141 g/mol. The number of allylic oxidation sites excluding steroid dienone is 2. The van der Waals surface area contributed by atoms with E-state index in [2.05, 4.69) is 12.3 Å². The van der Waals surface area contributed by atoms with E-state index in [4.69, 9.17) is 11.6 Å². The third-order valence-electron chi connectivity index (χ3n) is 2.02. The normalized spacial score (nSPS) is 26.8. The standard InChI is InChI=1S/C7H15N3/c1-5-2-3-7(10-9)6(8)4-5/h5,10H,2-4,8-9H2,1H3. The molecule has 1 atom stereocenters. The van der Waals surface area contributed by atoms with Crippen LogP contribution in [0.15, 0.2) is 11.4 Å². The molecule has 1 unspecified atom stereocenters. The van der Waals surface area contributed by atoms with Crippen LogP contribution in [0, 0.1) is 5.92 Å². The Hall–Kier alpha value is -0.700. The van der Waals surface area contributed by atoms with Crippen LogP contribution in [0.25, 0.3) is 0 Å². The molecule has 1 aliphatic rings. The zero-order valence-electron chi connectivity index (χ0n) is 6.35. The van der Waals surface area contributed by atoms with E-state index in [1.165, 1.54) is 6.42 Å². The Bertz CT molecular complexity index is 151. The van der Waals surface area contributed by atoms with Gasteiger partial charge in [-0.15, -0.1) is 0 Å². The lowest BCUT2D eigenvalue weighted by molar-refractivity contribution is 0.477. The van der Waals surface area contributed by atoms with Crippen LogP contribution in [-0.4, -0.2) is 0 Å². The van der Waals surface area contributed by atoms with Gasteiger partial charge < -0.3 is 11.2 Å². The fraction of sp³-hybridized carbons (Fsp3) is 0.714. The first-order valence-electron chi connectivity index (χ1n) is 3.68. The molecular formula is C7H15N3. The molecule has 0 aliphatic heterocycles. The van der Waals surface area contributed by atoms with E-state index in [1.54, 1.807) is 0 Å². The number of hydrazine groups is 1. The maximum atomic E-state index is 5.72. The highest BCUT2D eigenvalue weighted by Crippen LogP contribution is 2.23. The van der Waals surface area contributed by atoms with Gasteiger partial charge in [0.25, 0.3) is 0 Å². The smallest absolute Gasteiger partial charge is 0.0446 e. The Labute approximate surface area is 61.4 Å². The molecule has 0 aromatic rings. The Kier molecular flexibility index (Phi) is 2.17. The van der Waals surface area contributed by atoms with Crippen molar-refractivity contribution in [1.29, 1.82) is 0 Å². The highest BCUT2D eigenvalue weighted by Gasteiger charge is 2.14. The first-order valence-corrected chi connectivity index (χ1v) is 3.68. The topological polar surface area (TPSA) is 64.1 Å². The largest absolute Gasteiger partial charge is 0.401 e. The van der Waals surface area contributed by atoms with Gasteiger partial charge in [-0.25, -0.2) is 0 Å². The summed E-state index contributed by atoms with van der Waals surface area (Å²) in [4.78, 5) is 0. The van der Waals surface area contributed by atoms with Crippen molar-refractivity contribution in [1.82, 2.24) is 5.43 Å². The Morgan fingerprint density at radius 3 is 2.80 bits per heavy atom. The molecule has 0 fully saturated rings. The average molecular weight is 141 g/mol. The Morgan fingerprint density at radius 2 is 2.30 bits per heavy atom. The second-order valence-corrected chi connectivity index (χ2v) is 3.00. The van der Waals surface area contributed by atoms with Gasteiger partial charge in [-0.05, 0) is 25.2 Å². The Morgan fingerprint density at radius 1 is 1.60 bits per heavy atom. The first-order chi connectivity index (χ1) is 4.74. The maximum Gasteiger partial charge on any atom is 0.0446 e. The van der Waals surface area contributed by atoms with Crippen molar-refractivity contribution in [2.75, 3.05) is 0 Å². The van der Waals surface area contributed by atoms with E-state index in [0.29, 0.717) is 0 Å². The van der Waals surface area contributed by atoms with Crippen molar-refractivity contribution in [3.05, 3.63) is 11.4 Å². The van der Waals surface area contributed by atoms with Gasteiger partial charge in [0.2, 0.25) is 0 Å². The molecule has 3 nitrogen and oxygen atoms in total. The van der Waals surface area contributed by atoms with Crippen LogP contribution in [0.3, 0.4) is 0 Å². The van der Waals surface area contributed by atoms with Crippen molar-refractivity contribution in [3.8, 4) is 0 Å². The van der Waals surface area contributed by atoms with Gasteiger partial charge in [0.05, 0.1) is 0 Å². The number of hydrogen-bond acceptors (Lipinski definition) is 3. The van der Waals surface area contributed by atoms with E-state index in [9.17, 15) is 0 Å². The molecule has 0 amide bonds. The van der Waals surface area contributed by atoms with Crippen LogP contribution in [0.2, 0.25) is 0 Å². The minimum Gasteiger partial charge on any atom is -0.401 e. The molecule has 0 saturated carbocycles. The predicted octanol–water partition coefficient (Wildman–Crippen LogP) is 0.440. The van der Waals surface area contributed by atoms with E-state index < -0.39 is 0 Å². The molecule has 0 heterocycles. The zero-order valence-corrected chi connectivity index (χ0v) is 6.35. The first kappa shape index (κ1) is 7.41. The molecule has 0 aromatic heterocycles. The summed E-state index contributed by atoms with van der Waals surface area (Å²) < 4.78 is 0. The van der Waals surface area contributed by atoms with Crippen molar-refractivity contribution < 1.29 is 0 Å². The van der Waals surface area contributed by atoms with E-state index >= 15 is 0 Å². The van der Waals surface area contributed by atoms with E-state index in [0.717, 1.165) is 30.2 Å². The van der Waals surface area contributed by atoms with E-state index in [-0.39, 0.29) is 0 Å². The average Bonchev–Trinajstić information content (AvgIpc) is 1.88. The van der Waals surface area contributed by atoms with Gasteiger partial charge in [-0.3, -0.25) is 5.84 Å². The fourth-order valence-electron chi connectivity index (χ4n) is 1.32. The minimum atomic E-state index is 0.720. The molecule has 10 heavy (non-hydrogen) atoms. The second-order valence-electron chi connectivity index (χ2n) is 3.00. The molecule has 0 aromatic carbocycles. The van der Waals surface area contributed by atoms with Gasteiger partial charge in [0, 0.05) is 11.4 Å². The van der Waals surface area contributed by atoms with Crippen LogP contribution in [0.5, 0.6) is 0 Å². The number of nitrogens with two attached hydrogens (primary N) is 2. The highest BCUT2D eigenvalue weighted by molar-refractivity contribution is 5.12. The van der Waals surface area contributed by atoms with Gasteiger partial charge in [-0.2, -0.15) is 0 Å². The quantitative estimate of drug-likeness (QED) is 0.367. The lowest BCUT2D eigenvalue weighted by Crippen LogP contribution is -2.28. The highest BCUT2D eigenvalue weighted by atomic mass is 15.2. The molecule has 3 heteroatoms. The van der Waals surface area contributed by atoms with Gasteiger partial charge in [0.15, 0.2) is 0 Å². The number of nitrogens with one attached hydrogen (secondary N) is 1. The van der Waals surface area contributed by atoms with E-state index in [1.807, 2.05) is 0 Å². The molecular weight excluding hydrogens is 126 g/mol. The molecule has 1 aliphatic carbocycles. The molecule has 1 rings (SSSR count). The summed E-state index contributed by atoms with van der Waals surface area (Å²) in [5.41, 5.74) is 10.3. The predicted molar refractivity (Wildman–Crippen MR) is 41.6 cm³/mol. The summed E-state index contributed by atoms with van der Waals surface area (Å²) >= 11 is 0. The third-order valence-corrected chi connectivity index (χ3v) is 2.02. The van der Waals surface area contributed by atoms with Gasteiger partial charge in [0.1, 0.15) is 0 Å². The molecule has 0 saturated heterocycles. The Balaban J connectivity index is 2.61. The summed E-state index contributed by atoms with van der Waals surface area (Å²) in [7, 11) is 0. The number of hydrogen-bond donors (Lipinski definition) is 3. The summed E-state index contributed by atoms with van der Waals surface area (Å²) in [6, 6.07) is 0. The third kappa shape index (κ3) is 1.42. The van der Waals surface area contributed by atoms with Crippen LogP contribution in [0.4, 0.5) is 0 Å². The molecule has 0 spiro atoms. The van der Waals surface area contributed by atoms with Crippen molar-refractivity contribution in [2.24, 2.45) is 17.5 Å². The number of rotatable bonds is 1. The maximum absolute atomic E-state index is 5.72. The van der Waals surface area contributed by atoms with Gasteiger partial charge >= 0.3 is 0 Å². The molecule has 5 N–H and O–H groups in total. The molecule has 0 bridgehead atoms. The summed E-state index contributed by atoms with van der Waals surface area (Å²) in [5, 5.41) is 0. The van der Waals surface area contributed by atoms with Gasteiger partial charge in [-0.1, -0.05) is 6.92 Å². The summed E-state index contributed by atoms with van der Waals surface area (Å²) in [6.07, 6.45) is 3.18. The van der Waals surface area contributed by atoms with Crippen LogP contribution >= 0.6 is 0 Å². The zero-order chi connectivity index (χ0) is 7.56. The summed E-state index contributed by atoms with van der Waals surface area (Å²) in [6.45, 7) is 2.21. The second kappa shape index (κ2) is 2.92. The van der Waals surface area contributed by atoms with Crippen molar-refractivity contribution in [2.45, 2.75) is 26.2 Å². The van der Waals surface area contributed by atoms with Crippen molar-refractivity contribution in [3.63, 3.8) is 0 Å². The SMILES string of the molecule is CC1CCC(NN)=C(N)C1. The van der Waals surface area contributed by atoms with Crippen LogP contribution in [-0.2, 0) is 0 Å². The molecule has 58 valence electrons. The fourth-order valence-corrected chi connectivity index (χ4v) is 1.32. The van der Waals surface area contributed by atoms with Crippen LogP contribution in [0.1, 0.15) is 26.2 Å². The summed E-state index contributed by atoms with van der Waals surface area (Å²) in [5.74, 6) is 5.97. The lowest BCUT2D eigenvalue weighted by atomic mass is 9.92. The van der Waals surface area contributed by atoms with Crippen LogP contribution < -0.4 is 17.0 Å².